The van der Waals surface area contributed by atoms with Gasteiger partial charge >= 0.3 is 11.9 Å². The lowest BCUT2D eigenvalue weighted by atomic mass is 9.85. The zero-order valence-electron chi connectivity index (χ0n) is 16.0. The predicted octanol–water partition coefficient (Wildman–Crippen LogP) is 2.23. The summed E-state index contributed by atoms with van der Waals surface area (Å²) in [7, 11) is 0. The van der Waals surface area contributed by atoms with Gasteiger partial charge in [0.1, 0.15) is 0 Å². The molecule has 7 nitrogen and oxygen atoms in total. The molecule has 1 amide bonds. The molecule has 29 heavy (non-hydrogen) atoms. The van der Waals surface area contributed by atoms with Gasteiger partial charge in [0, 0.05) is 30.8 Å². The molecule has 0 unspecified atom stereocenters. The van der Waals surface area contributed by atoms with E-state index >= 15 is 0 Å². The van der Waals surface area contributed by atoms with Crippen molar-refractivity contribution in [2.24, 2.45) is 11.8 Å². The number of nitrogens with one attached hydrogen (secondary N) is 1. The largest absolute Gasteiger partial charge is 0.478 e. The summed E-state index contributed by atoms with van der Waals surface area (Å²) in [5, 5.41) is 21.4. The van der Waals surface area contributed by atoms with E-state index in [4.69, 9.17) is 10.2 Å². The van der Waals surface area contributed by atoms with Crippen LogP contribution >= 0.6 is 0 Å². The standard InChI is InChI=1S/C18H20N2O.C4H4O4/c21-18(20-11-13-7-14(12-20)10-19-9-13)17-6-5-15-3-1-2-4-16(15)8-17;5-3(6)1-2-4(7)8/h1-6,8,13-14,19H,7,9-12H2;1-2H,(H,5,6)(H,7,8)/b;2-1+/t13-,14+;. The first-order valence-electron chi connectivity index (χ1n) is 9.55. The van der Waals surface area contributed by atoms with Crippen molar-refractivity contribution < 1.29 is 24.6 Å². The fourth-order valence-electron chi connectivity index (χ4n) is 3.92. The first kappa shape index (κ1) is 20.5. The lowest BCUT2D eigenvalue weighted by Gasteiger charge is -2.41. The molecule has 7 heteroatoms. The van der Waals surface area contributed by atoms with Gasteiger partial charge in [0.05, 0.1) is 0 Å². The normalized spacial score (nSPS) is 20.8. The smallest absolute Gasteiger partial charge is 0.328 e. The molecule has 3 N–H and O–H groups in total. The van der Waals surface area contributed by atoms with Crippen LogP contribution in [-0.2, 0) is 9.59 Å². The summed E-state index contributed by atoms with van der Waals surface area (Å²) in [5.74, 6) is -1.07. The number of benzene rings is 2. The predicted molar refractivity (Wildman–Crippen MR) is 109 cm³/mol. The van der Waals surface area contributed by atoms with Crippen molar-refractivity contribution in [1.82, 2.24) is 10.2 Å². The van der Waals surface area contributed by atoms with Gasteiger partial charge in [-0.15, -0.1) is 0 Å². The molecule has 152 valence electrons. The molecule has 2 aromatic carbocycles. The van der Waals surface area contributed by atoms with E-state index in [1.807, 2.05) is 24.3 Å². The zero-order valence-corrected chi connectivity index (χ0v) is 16.0. The minimum Gasteiger partial charge on any atom is -0.478 e. The number of hydrogen-bond donors (Lipinski definition) is 3. The molecule has 2 saturated heterocycles. The maximum Gasteiger partial charge on any atom is 0.328 e. The Labute approximate surface area is 168 Å². The third-order valence-electron chi connectivity index (χ3n) is 5.14. The molecule has 0 aliphatic carbocycles. The average Bonchev–Trinajstić information content (AvgIpc) is 2.71. The van der Waals surface area contributed by atoms with Crippen molar-refractivity contribution in [3.63, 3.8) is 0 Å². The van der Waals surface area contributed by atoms with Gasteiger partial charge in [-0.1, -0.05) is 30.3 Å². The van der Waals surface area contributed by atoms with E-state index < -0.39 is 11.9 Å². The van der Waals surface area contributed by atoms with E-state index in [-0.39, 0.29) is 5.91 Å². The molecule has 2 aromatic rings. The molecule has 2 fully saturated rings. The molecular weight excluding hydrogens is 372 g/mol. The molecule has 2 bridgehead atoms. The summed E-state index contributed by atoms with van der Waals surface area (Å²) in [5.41, 5.74) is 0.821. The number of carbonyl (C=O) groups excluding carboxylic acids is 1. The van der Waals surface area contributed by atoms with Crippen LogP contribution in [0, 0.1) is 11.8 Å². The van der Waals surface area contributed by atoms with Crippen molar-refractivity contribution in [3.8, 4) is 0 Å². The average molecular weight is 396 g/mol. The lowest BCUT2D eigenvalue weighted by Crippen LogP contribution is -2.52. The van der Waals surface area contributed by atoms with Gasteiger partial charge in [0.2, 0.25) is 0 Å². The number of likely N-dealkylation sites (tertiary alicyclic amines) is 1. The van der Waals surface area contributed by atoms with Gasteiger partial charge in [0.15, 0.2) is 0 Å². The van der Waals surface area contributed by atoms with Crippen LogP contribution < -0.4 is 5.32 Å². The number of nitrogens with zero attached hydrogens (tertiary/aromatic N) is 1. The molecule has 2 aliphatic rings. The van der Waals surface area contributed by atoms with Gasteiger partial charge < -0.3 is 20.4 Å². The van der Waals surface area contributed by atoms with Gasteiger partial charge in [0.25, 0.3) is 5.91 Å². The van der Waals surface area contributed by atoms with Crippen LogP contribution in [0.4, 0.5) is 0 Å². The van der Waals surface area contributed by atoms with Crippen molar-refractivity contribution in [1.29, 1.82) is 0 Å². The SMILES string of the molecule is O=C(O)/C=C/C(=O)O.O=C(c1ccc2ccccc2c1)N1C[C@@H]2CNC[C@@H](C2)C1. The Kier molecular flexibility index (Phi) is 6.61. The summed E-state index contributed by atoms with van der Waals surface area (Å²) in [6, 6.07) is 14.3. The van der Waals surface area contributed by atoms with Crippen LogP contribution in [0.15, 0.2) is 54.6 Å². The fraction of sp³-hybridized carbons (Fsp3) is 0.318. The Bertz CT molecular complexity index is 912. The highest BCUT2D eigenvalue weighted by Gasteiger charge is 2.32. The number of carbonyl (C=O) groups is 3. The van der Waals surface area contributed by atoms with Crippen molar-refractivity contribution in [2.45, 2.75) is 6.42 Å². The van der Waals surface area contributed by atoms with E-state index in [2.05, 4.69) is 28.4 Å². The van der Waals surface area contributed by atoms with Gasteiger partial charge in [-0.3, -0.25) is 4.79 Å². The highest BCUT2D eigenvalue weighted by atomic mass is 16.4. The van der Waals surface area contributed by atoms with Crippen molar-refractivity contribution >= 4 is 28.6 Å². The Morgan fingerprint density at radius 3 is 2.07 bits per heavy atom. The van der Waals surface area contributed by atoms with E-state index in [1.54, 1.807) is 0 Å². The number of carboxylic acid groups (broad SMARTS) is 2. The summed E-state index contributed by atoms with van der Waals surface area (Å²) in [6.07, 6.45) is 2.39. The van der Waals surface area contributed by atoms with E-state index in [9.17, 15) is 14.4 Å². The van der Waals surface area contributed by atoms with E-state index in [0.717, 1.165) is 37.1 Å². The second kappa shape index (κ2) is 9.34. The maximum absolute atomic E-state index is 12.8. The Balaban J connectivity index is 0.000000258. The third kappa shape index (κ3) is 5.65. The molecule has 2 heterocycles. The lowest BCUT2D eigenvalue weighted by molar-refractivity contribution is -0.134. The van der Waals surface area contributed by atoms with E-state index in [1.165, 1.54) is 11.8 Å². The maximum atomic E-state index is 12.8. The van der Waals surface area contributed by atoms with Crippen LogP contribution in [0.1, 0.15) is 16.8 Å². The molecule has 2 atom stereocenters. The number of amides is 1. The van der Waals surface area contributed by atoms with Gasteiger partial charge in [-0.05, 0) is 54.3 Å². The third-order valence-corrected chi connectivity index (χ3v) is 5.14. The van der Waals surface area contributed by atoms with Crippen molar-refractivity contribution in [3.05, 3.63) is 60.2 Å². The molecule has 0 radical (unpaired) electrons. The number of hydrogen-bond acceptors (Lipinski definition) is 4. The topological polar surface area (TPSA) is 107 Å². The fourth-order valence-corrected chi connectivity index (χ4v) is 3.92. The first-order chi connectivity index (χ1) is 13.9. The Hall–Kier alpha value is -3.19. The summed E-state index contributed by atoms with van der Waals surface area (Å²) >= 11 is 0. The number of carboxylic acids is 2. The van der Waals surface area contributed by atoms with E-state index in [0.29, 0.717) is 24.0 Å². The van der Waals surface area contributed by atoms with Crippen molar-refractivity contribution in [2.75, 3.05) is 26.2 Å². The Morgan fingerprint density at radius 2 is 1.48 bits per heavy atom. The summed E-state index contributed by atoms with van der Waals surface area (Å²) in [4.78, 5) is 33.9. The monoisotopic (exact) mass is 396 g/mol. The molecule has 0 spiro atoms. The number of aliphatic carboxylic acids is 2. The minimum absolute atomic E-state index is 0.192. The zero-order chi connectivity index (χ0) is 20.8. The van der Waals surface area contributed by atoms with Crippen LogP contribution in [-0.4, -0.2) is 59.1 Å². The molecule has 0 saturated carbocycles. The number of piperidine rings is 2. The van der Waals surface area contributed by atoms with Crippen LogP contribution in [0.25, 0.3) is 10.8 Å². The van der Waals surface area contributed by atoms with Crippen LogP contribution in [0.2, 0.25) is 0 Å². The highest BCUT2D eigenvalue weighted by molar-refractivity contribution is 5.98. The second-order valence-electron chi connectivity index (χ2n) is 7.41. The summed E-state index contributed by atoms with van der Waals surface area (Å²) in [6.45, 7) is 3.90. The molecule has 2 aliphatic heterocycles. The van der Waals surface area contributed by atoms with Crippen LogP contribution in [0.3, 0.4) is 0 Å². The Morgan fingerprint density at radius 1 is 0.897 bits per heavy atom. The quantitative estimate of drug-likeness (QED) is 0.687. The second-order valence-corrected chi connectivity index (χ2v) is 7.41. The van der Waals surface area contributed by atoms with Crippen LogP contribution in [0.5, 0.6) is 0 Å². The molecule has 4 rings (SSSR count). The molecular formula is C22H24N2O5. The highest BCUT2D eigenvalue weighted by Crippen LogP contribution is 2.26. The minimum atomic E-state index is -1.26. The van der Waals surface area contributed by atoms with Gasteiger partial charge in [-0.2, -0.15) is 0 Å². The number of fused-ring (bicyclic) bond motifs is 3. The number of rotatable bonds is 3. The first-order valence-corrected chi connectivity index (χ1v) is 9.55. The summed E-state index contributed by atoms with van der Waals surface area (Å²) < 4.78 is 0. The van der Waals surface area contributed by atoms with Gasteiger partial charge in [-0.25, -0.2) is 9.59 Å². The molecule has 0 aromatic heterocycles.